The summed E-state index contributed by atoms with van der Waals surface area (Å²) >= 11 is 11.9. The number of anilines is 1. The smallest absolute Gasteiger partial charge is 0.249 e. The number of hydrogen-bond acceptors (Lipinski definition) is 2. The maximum atomic E-state index is 12.6. The van der Waals surface area contributed by atoms with Crippen molar-refractivity contribution in [2.75, 3.05) is 11.4 Å². The number of rotatable bonds is 2. The van der Waals surface area contributed by atoms with Gasteiger partial charge in [0, 0.05) is 18.7 Å². The molecule has 106 valence electrons. The fourth-order valence-corrected chi connectivity index (χ4v) is 2.75. The number of nitrogens with one attached hydrogen (secondary N) is 1. The van der Waals surface area contributed by atoms with E-state index in [1.807, 2.05) is 0 Å². The molecular formula is C14H14Cl2N2O2. The number of amides is 2. The van der Waals surface area contributed by atoms with Crippen LogP contribution < -0.4 is 10.2 Å². The molecule has 1 unspecified atom stereocenters. The average molecular weight is 313 g/mol. The molecule has 0 bridgehead atoms. The van der Waals surface area contributed by atoms with Crippen LogP contribution in [0.4, 0.5) is 5.69 Å². The molecule has 1 heterocycles. The van der Waals surface area contributed by atoms with Crippen molar-refractivity contribution < 1.29 is 9.59 Å². The van der Waals surface area contributed by atoms with Gasteiger partial charge in [-0.3, -0.25) is 9.59 Å². The second-order valence-corrected chi connectivity index (χ2v) is 6.04. The van der Waals surface area contributed by atoms with E-state index in [4.69, 9.17) is 23.2 Å². The Hall–Kier alpha value is -1.26. The van der Waals surface area contributed by atoms with E-state index in [1.165, 1.54) is 0 Å². The molecule has 2 fully saturated rings. The van der Waals surface area contributed by atoms with Crippen molar-refractivity contribution in [3.8, 4) is 0 Å². The molecule has 20 heavy (non-hydrogen) atoms. The molecule has 0 radical (unpaired) electrons. The quantitative estimate of drug-likeness (QED) is 0.912. The second kappa shape index (κ2) is 5.26. The lowest BCUT2D eigenvalue weighted by atomic mass is 10.1. The molecule has 1 atom stereocenters. The molecule has 4 nitrogen and oxygen atoms in total. The zero-order chi connectivity index (χ0) is 14.3. The molecule has 1 saturated carbocycles. The lowest BCUT2D eigenvalue weighted by Crippen LogP contribution is -2.46. The van der Waals surface area contributed by atoms with E-state index < -0.39 is 6.04 Å². The molecule has 1 aliphatic heterocycles. The fraction of sp³-hybridized carbons (Fsp3) is 0.429. The molecule has 3 rings (SSSR count). The topological polar surface area (TPSA) is 49.4 Å². The van der Waals surface area contributed by atoms with Crippen LogP contribution in [0, 0.1) is 5.92 Å². The molecule has 0 spiro atoms. The minimum Gasteiger partial charge on any atom is -0.344 e. The highest BCUT2D eigenvalue weighted by Gasteiger charge is 2.41. The van der Waals surface area contributed by atoms with Gasteiger partial charge in [-0.25, -0.2) is 0 Å². The summed E-state index contributed by atoms with van der Waals surface area (Å²) in [6.45, 7) is 0.367. The number of hydrogen-bond donors (Lipinski definition) is 1. The number of nitrogens with zero attached hydrogens (tertiary/aromatic N) is 1. The van der Waals surface area contributed by atoms with Crippen LogP contribution in [-0.2, 0) is 9.59 Å². The first-order valence-electron chi connectivity index (χ1n) is 6.62. The highest BCUT2D eigenvalue weighted by Crippen LogP contribution is 2.35. The summed E-state index contributed by atoms with van der Waals surface area (Å²) in [7, 11) is 0. The Morgan fingerprint density at radius 1 is 1.15 bits per heavy atom. The predicted octanol–water partition coefficient (Wildman–Crippen LogP) is 2.62. The first-order chi connectivity index (χ1) is 9.56. The summed E-state index contributed by atoms with van der Waals surface area (Å²) in [5.74, 6) is 0.143. The summed E-state index contributed by atoms with van der Waals surface area (Å²) in [5.41, 5.74) is 0.687. The van der Waals surface area contributed by atoms with E-state index in [2.05, 4.69) is 5.32 Å². The number of halogens is 2. The summed E-state index contributed by atoms with van der Waals surface area (Å²) in [5, 5.41) is 3.68. The van der Waals surface area contributed by atoms with E-state index in [0.29, 0.717) is 28.7 Å². The van der Waals surface area contributed by atoms with E-state index in [-0.39, 0.29) is 17.7 Å². The van der Waals surface area contributed by atoms with Gasteiger partial charge in [0.05, 0.1) is 10.0 Å². The predicted molar refractivity (Wildman–Crippen MR) is 78.1 cm³/mol. The highest BCUT2D eigenvalue weighted by molar-refractivity contribution is 6.42. The van der Waals surface area contributed by atoms with Crippen LogP contribution in [0.3, 0.4) is 0 Å². The van der Waals surface area contributed by atoms with E-state index >= 15 is 0 Å². The van der Waals surface area contributed by atoms with E-state index in [9.17, 15) is 9.59 Å². The Labute approximate surface area is 127 Å². The molecule has 6 heteroatoms. The monoisotopic (exact) mass is 312 g/mol. The van der Waals surface area contributed by atoms with Crippen LogP contribution >= 0.6 is 23.2 Å². The van der Waals surface area contributed by atoms with Gasteiger partial charge in [-0.1, -0.05) is 23.2 Å². The van der Waals surface area contributed by atoms with Crippen LogP contribution in [0.2, 0.25) is 10.0 Å². The molecule has 1 N–H and O–H groups in total. The Kier molecular flexibility index (Phi) is 3.61. The molecule has 1 aromatic rings. The maximum Gasteiger partial charge on any atom is 0.249 e. The van der Waals surface area contributed by atoms with Crippen LogP contribution in [0.1, 0.15) is 19.3 Å². The van der Waals surface area contributed by atoms with Gasteiger partial charge in [0.2, 0.25) is 11.8 Å². The standard InChI is InChI=1S/C14H14Cl2N2O2/c15-10-4-3-9(7-11(10)16)18-6-5-12(19)17-13(14(18)20)8-1-2-8/h3-4,7-8,13H,1-2,5-6H2,(H,17,19). The SMILES string of the molecule is O=C1CCN(c2ccc(Cl)c(Cl)c2)C(=O)C(C2CC2)N1. The van der Waals surface area contributed by atoms with Crippen molar-refractivity contribution in [1.29, 1.82) is 0 Å². The van der Waals surface area contributed by atoms with Crippen molar-refractivity contribution in [3.05, 3.63) is 28.2 Å². The third-order valence-electron chi connectivity index (χ3n) is 3.72. The number of carbonyl (C=O) groups is 2. The third-order valence-corrected chi connectivity index (χ3v) is 4.46. The van der Waals surface area contributed by atoms with Gasteiger partial charge < -0.3 is 10.2 Å². The summed E-state index contributed by atoms with van der Waals surface area (Å²) in [4.78, 5) is 26.0. The van der Waals surface area contributed by atoms with Crippen LogP contribution in [0.15, 0.2) is 18.2 Å². The Morgan fingerprint density at radius 3 is 2.55 bits per heavy atom. The molecule has 2 aliphatic rings. The Bertz CT molecular complexity index is 572. The number of benzene rings is 1. The summed E-state index contributed by atoms with van der Waals surface area (Å²) in [6, 6.07) is 4.69. The maximum absolute atomic E-state index is 12.6. The van der Waals surface area contributed by atoms with Gasteiger partial charge in [-0.15, -0.1) is 0 Å². The minimum absolute atomic E-state index is 0.0586. The highest BCUT2D eigenvalue weighted by atomic mass is 35.5. The Morgan fingerprint density at radius 2 is 1.90 bits per heavy atom. The van der Waals surface area contributed by atoms with Crippen molar-refractivity contribution in [2.45, 2.75) is 25.3 Å². The van der Waals surface area contributed by atoms with Crippen molar-refractivity contribution in [3.63, 3.8) is 0 Å². The second-order valence-electron chi connectivity index (χ2n) is 5.22. The first-order valence-corrected chi connectivity index (χ1v) is 7.37. The van der Waals surface area contributed by atoms with Crippen LogP contribution in [0.5, 0.6) is 0 Å². The molecule has 2 amide bonds. The lowest BCUT2D eigenvalue weighted by molar-refractivity contribution is -0.126. The van der Waals surface area contributed by atoms with Gasteiger partial charge in [-0.2, -0.15) is 0 Å². The van der Waals surface area contributed by atoms with Gasteiger partial charge in [0.15, 0.2) is 0 Å². The van der Waals surface area contributed by atoms with E-state index in [0.717, 1.165) is 12.8 Å². The zero-order valence-electron chi connectivity index (χ0n) is 10.7. The molecule has 1 aliphatic carbocycles. The zero-order valence-corrected chi connectivity index (χ0v) is 12.2. The average Bonchev–Trinajstić information content (AvgIpc) is 3.23. The lowest BCUT2D eigenvalue weighted by Gasteiger charge is -2.24. The Balaban J connectivity index is 1.91. The van der Waals surface area contributed by atoms with Gasteiger partial charge in [-0.05, 0) is 37.0 Å². The fourth-order valence-electron chi connectivity index (χ4n) is 2.46. The molecule has 1 saturated heterocycles. The van der Waals surface area contributed by atoms with Crippen molar-refractivity contribution in [1.82, 2.24) is 5.32 Å². The van der Waals surface area contributed by atoms with E-state index in [1.54, 1.807) is 23.1 Å². The first kappa shape index (κ1) is 13.7. The minimum atomic E-state index is -0.403. The molecular weight excluding hydrogens is 299 g/mol. The van der Waals surface area contributed by atoms with Crippen molar-refractivity contribution >= 4 is 40.7 Å². The van der Waals surface area contributed by atoms with Gasteiger partial charge >= 0.3 is 0 Å². The van der Waals surface area contributed by atoms with Crippen LogP contribution in [-0.4, -0.2) is 24.4 Å². The largest absolute Gasteiger partial charge is 0.344 e. The molecule has 1 aromatic carbocycles. The van der Waals surface area contributed by atoms with Crippen molar-refractivity contribution in [2.24, 2.45) is 5.92 Å². The summed E-state index contributed by atoms with van der Waals surface area (Å²) < 4.78 is 0. The van der Waals surface area contributed by atoms with Gasteiger partial charge in [0.25, 0.3) is 0 Å². The normalized spacial score (nSPS) is 23.5. The third kappa shape index (κ3) is 2.63. The summed E-state index contributed by atoms with van der Waals surface area (Å²) in [6.07, 6.45) is 2.28. The van der Waals surface area contributed by atoms with Crippen LogP contribution in [0.25, 0.3) is 0 Å². The van der Waals surface area contributed by atoms with Gasteiger partial charge in [0.1, 0.15) is 6.04 Å². The number of carbonyl (C=O) groups excluding carboxylic acids is 2. The molecule has 0 aromatic heterocycles.